The Morgan fingerprint density at radius 1 is 1.17 bits per heavy atom. The van der Waals surface area contributed by atoms with Gasteiger partial charge in [-0.2, -0.15) is 17.6 Å². The summed E-state index contributed by atoms with van der Waals surface area (Å²) in [6.45, 7) is 0. The van der Waals surface area contributed by atoms with Crippen molar-refractivity contribution in [1.29, 1.82) is 0 Å². The summed E-state index contributed by atoms with van der Waals surface area (Å²) in [6, 6.07) is 0. The Balaban J connectivity index is 2.78. The molecule has 0 aromatic heterocycles. The van der Waals surface area contributed by atoms with Gasteiger partial charge in [0, 0.05) is 0 Å². The van der Waals surface area contributed by atoms with Gasteiger partial charge in [0.25, 0.3) is 5.82 Å². The van der Waals surface area contributed by atoms with E-state index >= 15 is 0 Å². The molecule has 1 aliphatic carbocycles. The molecule has 0 aromatic rings. The average Bonchev–Trinajstić information content (AvgIpc) is 2.08. The van der Waals surface area contributed by atoms with Gasteiger partial charge in [0.2, 0.25) is 0 Å². The Hall–Kier alpha value is 0.190. The molecule has 72 valence electrons. The zero-order valence-corrected chi connectivity index (χ0v) is 6.64. The quantitative estimate of drug-likeness (QED) is 0.524. The molecule has 1 rings (SSSR count). The summed E-state index contributed by atoms with van der Waals surface area (Å²) < 4.78 is 63.8. The van der Waals surface area contributed by atoms with Gasteiger partial charge >= 0.3 is 16.9 Å². The Kier molecular flexibility index (Phi) is 2.02. The molecule has 0 N–H and O–H groups in total. The number of rotatable bonds is 2. The molecule has 0 aliphatic heterocycles. The van der Waals surface area contributed by atoms with Crippen LogP contribution in [0.3, 0.4) is 0 Å². The van der Waals surface area contributed by atoms with Crippen LogP contribution in [0.1, 0.15) is 0 Å². The number of alkyl halides is 7. The number of ether oxygens (including phenoxy) is 1. The summed E-state index contributed by atoms with van der Waals surface area (Å²) in [4.78, 5) is 0. The van der Waals surface area contributed by atoms with Crippen LogP contribution in [0.4, 0.5) is 22.0 Å². The minimum absolute atomic E-state index is 2.88. The van der Waals surface area contributed by atoms with Crippen molar-refractivity contribution in [1.82, 2.24) is 0 Å². The standard InChI is InChI=1S/C4HCl2F5O/c5-1(7)12-4(11)2(6,8)3(4,9)10/h1H. The van der Waals surface area contributed by atoms with Gasteiger partial charge in [-0.1, -0.05) is 23.2 Å². The van der Waals surface area contributed by atoms with Gasteiger partial charge in [0.1, 0.15) is 0 Å². The first-order valence-corrected chi connectivity index (χ1v) is 3.39. The highest BCUT2D eigenvalue weighted by Gasteiger charge is 2.99. The van der Waals surface area contributed by atoms with Gasteiger partial charge in [0.15, 0.2) is 0 Å². The van der Waals surface area contributed by atoms with E-state index < -0.39 is 22.7 Å². The molecule has 0 heterocycles. The zero-order valence-electron chi connectivity index (χ0n) is 5.13. The number of hydrogen-bond acceptors (Lipinski definition) is 1. The lowest BCUT2D eigenvalue weighted by Crippen LogP contribution is -2.21. The van der Waals surface area contributed by atoms with Gasteiger partial charge < -0.3 is 0 Å². The van der Waals surface area contributed by atoms with Crippen molar-refractivity contribution < 1.29 is 26.7 Å². The molecule has 3 unspecified atom stereocenters. The molecule has 0 amide bonds. The lowest BCUT2D eigenvalue weighted by Gasteiger charge is -2.06. The molecule has 0 aromatic carbocycles. The Labute approximate surface area is 73.4 Å². The first-order valence-electron chi connectivity index (χ1n) is 2.57. The van der Waals surface area contributed by atoms with Crippen LogP contribution < -0.4 is 0 Å². The highest BCUT2D eigenvalue weighted by Crippen LogP contribution is 2.70. The summed E-state index contributed by atoms with van der Waals surface area (Å²) in [5, 5.41) is -4.04. The lowest BCUT2D eigenvalue weighted by molar-refractivity contribution is -0.175. The van der Waals surface area contributed by atoms with Gasteiger partial charge in [-0.3, -0.25) is 4.74 Å². The normalized spacial score (nSPS) is 47.2. The van der Waals surface area contributed by atoms with E-state index in [0.29, 0.717) is 0 Å². The van der Waals surface area contributed by atoms with Crippen LogP contribution in [-0.4, -0.2) is 22.7 Å². The summed E-state index contributed by atoms with van der Waals surface area (Å²) in [5.41, 5.74) is 0. The fraction of sp³-hybridized carbons (Fsp3) is 1.00. The third kappa shape index (κ3) is 0.944. The molecule has 3 atom stereocenters. The third-order valence-electron chi connectivity index (χ3n) is 1.39. The molecule has 0 radical (unpaired) electrons. The van der Waals surface area contributed by atoms with E-state index in [-0.39, 0.29) is 0 Å². The molecular formula is C4HCl2F5O. The van der Waals surface area contributed by atoms with Crippen LogP contribution in [0.5, 0.6) is 0 Å². The minimum Gasteiger partial charge on any atom is -0.289 e. The molecule has 12 heavy (non-hydrogen) atoms. The predicted octanol–water partition coefficient (Wildman–Crippen LogP) is 2.71. The van der Waals surface area contributed by atoms with Crippen molar-refractivity contribution in [3.05, 3.63) is 0 Å². The highest BCUT2D eigenvalue weighted by atomic mass is 35.5. The van der Waals surface area contributed by atoms with Gasteiger partial charge in [-0.15, -0.1) is 0 Å². The van der Waals surface area contributed by atoms with Gasteiger partial charge in [0.05, 0.1) is 0 Å². The van der Waals surface area contributed by atoms with E-state index in [1.165, 1.54) is 0 Å². The number of hydrogen-bond donors (Lipinski definition) is 0. The fourth-order valence-corrected chi connectivity index (χ4v) is 0.995. The largest absolute Gasteiger partial charge is 0.363 e. The predicted molar refractivity (Wildman–Crippen MR) is 30.3 cm³/mol. The fourth-order valence-electron chi connectivity index (χ4n) is 0.634. The van der Waals surface area contributed by atoms with Crippen molar-refractivity contribution in [3.8, 4) is 0 Å². The van der Waals surface area contributed by atoms with Crippen molar-refractivity contribution >= 4 is 23.2 Å². The van der Waals surface area contributed by atoms with Crippen LogP contribution in [0.2, 0.25) is 0 Å². The molecule has 0 saturated heterocycles. The monoisotopic (exact) mass is 230 g/mol. The van der Waals surface area contributed by atoms with E-state index in [1.54, 1.807) is 0 Å². The van der Waals surface area contributed by atoms with Crippen LogP contribution in [-0.2, 0) is 4.74 Å². The smallest absolute Gasteiger partial charge is 0.289 e. The van der Waals surface area contributed by atoms with Crippen molar-refractivity contribution in [2.75, 3.05) is 0 Å². The average molecular weight is 231 g/mol. The van der Waals surface area contributed by atoms with Crippen LogP contribution in [0.25, 0.3) is 0 Å². The second kappa shape index (κ2) is 2.36. The second-order valence-corrected chi connectivity index (χ2v) is 2.99. The molecule has 1 saturated carbocycles. The summed E-state index contributed by atoms with van der Waals surface area (Å²) in [6.07, 6.45) is 0. The summed E-state index contributed by atoms with van der Waals surface area (Å²) in [5.74, 6) is -11.6. The van der Waals surface area contributed by atoms with Crippen molar-refractivity contribution in [3.63, 3.8) is 0 Å². The molecule has 8 heteroatoms. The van der Waals surface area contributed by atoms with Crippen LogP contribution in [0, 0.1) is 0 Å². The number of halogens is 7. The van der Waals surface area contributed by atoms with E-state index in [9.17, 15) is 22.0 Å². The van der Waals surface area contributed by atoms with Crippen molar-refractivity contribution in [2.24, 2.45) is 0 Å². The highest BCUT2D eigenvalue weighted by molar-refractivity contribution is 6.27. The molecule has 0 bridgehead atoms. The third-order valence-corrected chi connectivity index (χ3v) is 1.96. The van der Waals surface area contributed by atoms with E-state index in [1.807, 2.05) is 0 Å². The van der Waals surface area contributed by atoms with E-state index in [4.69, 9.17) is 0 Å². The maximum Gasteiger partial charge on any atom is 0.363 e. The SMILES string of the molecule is FC(Cl)OC1(F)C(F)(F)C1(F)Cl. The minimum atomic E-state index is -4.58. The van der Waals surface area contributed by atoms with Gasteiger partial charge in [-0.05, 0) is 0 Å². The van der Waals surface area contributed by atoms with Gasteiger partial charge in [-0.25, -0.2) is 4.39 Å². The first kappa shape index (κ1) is 10.3. The molecule has 1 aliphatic rings. The maximum absolute atomic E-state index is 12.5. The van der Waals surface area contributed by atoms with Crippen molar-refractivity contribution in [2.45, 2.75) is 22.7 Å². The summed E-state index contributed by atoms with van der Waals surface area (Å²) >= 11 is 8.71. The van der Waals surface area contributed by atoms with Crippen LogP contribution in [0.15, 0.2) is 0 Å². The Morgan fingerprint density at radius 3 is 1.58 bits per heavy atom. The maximum atomic E-state index is 12.5. The van der Waals surface area contributed by atoms with E-state index in [2.05, 4.69) is 27.9 Å². The molecule has 1 fully saturated rings. The summed E-state index contributed by atoms with van der Waals surface area (Å²) in [7, 11) is 0. The van der Waals surface area contributed by atoms with Crippen LogP contribution >= 0.6 is 23.2 Å². The zero-order chi connectivity index (χ0) is 9.78. The Morgan fingerprint density at radius 2 is 1.50 bits per heavy atom. The molecular weight excluding hydrogens is 230 g/mol. The lowest BCUT2D eigenvalue weighted by atomic mass is 10.7. The molecule has 1 nitrogen and oxygen atoms in total. The second-order valence-electron chi connectivity index (χ2n) is 2.12. The first-order chi connectivity index (χ1) is 5.17. The van der Waals surface area contributed by atoms with E-state index in [0.717, 1.165) is 0 Å². The molecule has 0 spiro atoms. The Bertz CT molecular complexity index is 192. The topological polar surface area (TPSA) is 9.23 Å².